The number of carbonyl (C=O) groups excluding carboxylic acids is 1. The number of pyridine rings is 1. The van der Waals surface area contributed by atoms with Crippen LogP contribution in [0.25, 0.3) is 10.9 Å². The molecule has 0 fully saturated rings. The first-order valence-electron chi connectivity index (χ1n) is 8.93. The number of aryl methyl sites for hydroxylation is 2. The molecule has 1 N–H and O–H groups in total. The molecule has 0 spiro atoms. The number of anilines is 1. The van der Waals surface area contributed by atoms with Gasteiger partial charge in [-0.2, -0.15) is 0 Å². The van der Waals surface area contributed by atoms with E-state index in [1.165, 1.54) is 6.33 Å². The minimum atomic E-state index is -0.219. The fraction of sp³-hybridized carbons (Fsp3) is 0.333. The van der Waals surface area contributed by atoms with Crippen LogP contribution in [-0.4, -0.2) is 20.9 Å². The summed E-state index contributed by atoms with van der Waals surface area (Å²) in [5.41, 5.74) is 4.98. The van der Waals surface area contributed by atoms with Crippen molar-refractivity contribution in [1.82, 2.24) is 15.0 Å². The van der Waals surface area contributed by atoms with E-state index in [0.29, 0.717) is 11.6 Å². The van der Waals surface area contributed by atoms with Crippen molar-refractivity contribution >= 4 is 22.5 Å². The predicted molar refractivity (Wildman–Crippen MR) is 104 cm³/mol. The first-order valence-corrected chi connectivity index (χ1v) is 8.93. The normalized spacial score (nSPS) is 11.1. The number of aromatic nitrogens is 3. The van der Waals surface area contributed by atoms with Crippen LogP contribution in [0.3, 0.4) is 0 Å². The van der Waals surface area contributed by atoms with Gasteiger partial charge in [-0.25, -0.2) is 9.97 Å². The zero-order valence-electron chi connectivity index (χ0n) is 15.7. The maximum absolute atomic E-state index is 13.0. The van der Waals surface area contributed by atoms with Gasteiger partial charge in [-0.1, -0.05) is 32.0 Å². The summed E-state index contributed by atoms with van der Waals surface area (Å²) in [6, 6.07) is 7.54. The highest BCUT2D eigenvalue weighted by Crippen LogP contribution is 2.26. The van der Waals surface area contributed by atoms with Crippen molar-refractivity contribution in [1.29, 1.82) is 0 Å². The quantitative estimate of drug-likeness (QED) is 0.738. The molecule has 0 saturated carbocycles. The second-order valence-corrected chi connectivity index (χ2v) is 6.99. The molecule has 2 heterocycles. The van der Waals surface area contributed by atoms with Crippen LogP contribution >= 0.6 is 0 Å². The topological polar surface area (TPSA) is 67.8 Å². The van der Waals surface area contributed by atoms with Crippen LogP contribution in [0.5, 0.6) is 0 Å². The van der Waals surface area contributed by atoms with E-state index in [9.17, 15) is 4.79 Å². The molecule has 1 amide bonds. The maximum atomic E-state index is 13.0. The summed E-state index contributed by atoms with van der Waals surface area (Å²) in [4.78, 5) is 25.9. The molecule has 3 aromatic rings. The van der Waals surface area contributed by atoms with Crippen LogP contribution in [0.1, 0.15) is 47.6 Å². The molecule has 0 saturated heterocycles. The molecule has 5 nitrogen and oxygen atoms in total. The molecule has 0 radical (unpaired) electrons. The number of carbonyl (C=O) groups is 1. The van der Waals surface area contributed by atoms with Crippen molar-refractivity contribution in [3.8, 4) is 0 Å². The largest absolute Gasteiger partial charge is 0.320 e. The van der Waals surface area contributed by atoms with Gasteiger partial charge in [0.05, 0.1) is 11.2 Å². The number of rotatable bonds is 5. The number of para-hydroxylation sites is 1. The molecular formula is C21H24N4O. The first kappa shape index (κ1) is 18.0. The van der Waals surface area contributed by atoms with Crippen molar-refractivity contribution in [2.24, 2.45) is 5.92 Å². The van der Waals surface area contributed by atoms with Crippen molar-refractivity contribution in [3.63, 3.8) is 0 Å². The Kier molecular flexibility index (Phi) is 5.26. The van der Waals surface area contributed by atoms with Crippen molar-refractivity contribution in [2.75, 3.05) is 5.32 Å². The molecular weight excluding hydrogens is 324 g/mol. The number of nitrogens with one attached hydrogen (secondary N) is 1. The lowest BCUT2D eigenvalue weighted by Gasteiger charge is -2.16. The Hall–Kier alpha value is -2.82. The summed E-state index contributed by atoms with van der Waals surface area (Å²) >= 11 is 0. The molecule has 0 aliphatic carbocycles. The molecule has 0 aliphatic heterocycles. The Morgan fingerprint density at radius 1 is 1.12 bits per heavy atom. The predicted octanol–water partition coefficient (Wildman–Crippen LogP) is 4.48. The standard InChI is InChI=1S/C21H24N4O/c1-13(2)9-10-16-11-22-15(4)14(3)19(16)25-21(26)20-17-7-5-6-8-18(17)23-12-24-20/h5-8,11-13H,9-10H2,1-4H3,(H,22,25,26). The molecule has 3 rings (SSSR count). The van der Waals surface area contributed by atoms with Gasteiger partial charge in [0, 0.05) is 17.3 Å². The van der Waals surface area contributed by atoms with Crippen molar-refractivity contribution in [3.05, 3.63) is 59.3 Å². The van der Waals surface area contributed by atoms with Gasteiger partial charge in [0.25, 0.3) is 5.91 Å². The lowest BCUT2D eigenvalue weighted by Crippen LogP contribution is -2.17. The molecule has 5 heteroatoms. The Balaban J connectivity index is 1.97. The van der Waals surface area contributed by atoms with Crippen LogP contribution in [0.15, 0.2) is 36.8 Å². The number of nitrogens with zero attached hydrogens (tertiary/aromatic N) is 3. The second kappa shape index (κ2) is 7.60. The van der Waals surface area contributed by atoms with Crippen LogP contribution in [0, 0.1) is 19.8 Å². The van der Waals surface area contributed by atoms with E-state index in [1.807, 2.05) is 44.3 Å². The summed E-state index contributed by atoms with van der Waals surface area (Å²) < 4.78 is 0. The average Bonchev–Trinajstić information content (AvgIpc) is 2.64. The van der Waals surface area contributed by atoms with E-state index in [1.54, 1.807) is 0 Å². The third-order valence-electron chi connectivity index (χ3n) is 4.64. The fourth-order valence-corrected chi connectivity index (χ4v) is 2.92. The number of fused-ring (bicyclic) bond motifs is 1. The molecule has 134 valence electrons. The highest BCUT2D eigenvalue weighted by atomic mass is 16.1. The third kappa shape index (κ3) is 3.72. The molecule has 0 aliphatic rings. The first-order chi connectivity index (χ1) is 12.5. The summed E-state index contributed by atoms with van der Waals surface area (Å²) in [5.74, 6) is 0.370. The van der Waals surface area contributed by atoms with Gasteiger partial charge >= 0.3 is 0 Å². The zero-order valence-corrected chi connectivity index (χ0v) is 15.7. The van der Waals surface area contributed by atoms with E-state index >= 15 is 0 Å². The van der Waals surface area contributed by atoms with Gasteiger partial charge in [-0.05, 0) is 49.8 Å². The smallest absolute Gasteiger partial charge is 0.275 e. The molecule has 2 aromatic heterocycles. The SMILES string of the molecule is Cc1ncc(CCC(C)C)c(NC(=O)c2ncnc3ccccc23)c1C. The van der Waals surface area contributed by atoms with E-state index < -0.39 is 0 Å². The van der Waals surface area contributed by atoms with Gasteiger partial charge in [0.2, 0.25) is 0 Å². The van der Waals surface area contributed by atoms with Crippen LogP contribution in [0.2, 0.25) is 0 Å². The lowest BCUT2D eigenvalue weighted by molar-refractivity contribution is 0.102. The van der Waals surface area contributed by atoms with E-state index in [2.05, 4.69) is 34.1 Å². The zero-order chi connectivity index (χ0) is 18.7. The number of benzene rings is 1. The van der Waals surface area contributed by atoms with E-state index in [-0.39, 0.29) is 5.91 Å². The summed E-state index contributed by atoms with van der Waals surface area (Å²) in [6.07, 6.45) is 5.23. The fourth-order valence-electron chi connectivity index (χ4n) is 2.92. The highest BCUT2D eigenvalue weighted by Gasteiger charge is 2.17. The van der Waals surface area contributed by atoms with Crippen molar-refractivity contribution < 1.29 is 4.79 Å². The number of amides is 1. The molecule has 26 heavy (non-hydrogen) atoms. The average molecular weight is 348 g/mol. The minimum Gasteiger partial charge on any atom is -0.320 e. The monoisotopic (exact) mass is 348 g/mol. The Morgan fingerprint density at radius 2 is 1.88 bits per heavy atom. The van der Waals surface area contributed by atoms with Crippen LogP contribution in [0.4, 0.5) is 5.69 Å². The maximum Gasteiger partial charge on any atom is 0.275 e. The van der Waals surface area contributed by atoms with Crippen molar-refractivity contribution in [2.45, 2.75) is 40.5 Å². The summed E-state index contributed by atoms with van der Waals surface area (Å²) in [6.45, 7) is 8.34. The Morgan fingerprint density at radius 3 is 2.65 bits per heavy atom. The van der Waals surface area contributed by atoms with Gasteiger partial charge in [0.15, 0.2) is 0 Å². The van der Waals surface area contributed by atoms with Gasteiger partial charge in [0.1, 0.15) is 12.0 Å². The van der Waals surface area contributed by atoms with E-state index in [4.69, 9.17) is 0 Å². The van der Waals surface area contributed by atoms with Gasteiger partial charge < -0.3 is 5.32 Å². The Labute approximate surface area is 153 Å². The van der Waals surface area contributed by atoms with Gasteiger partial charge in [-0.15, -0.1) is 0 Å². The molecule has 0 unspecified atom stereocenters. The third-order valence-corrected chi connectivity index (χ3v) is 4.64. The molecule has 0 bridgehead atoms. The number of hydrogen-bond acceptors (Lipinski definition) is 4. The van der Waals surface area contributed by atoms with Gasteiger partial charge in [-0.3, -0.25) is 9.78 Å². The van der Waals surface area contributed by atoms with E-state index in [0.717, 1.165) is 46.3 Å². The summed E-state index contributed by atoms with van der Waals surface area (Å²) in [7, 11) is 0. The highest BCUT2D eigenvalue weighted by molar-refractivity contribution is 6.11. The Bertz CT molecular complexity index is 945. The molecule has 0 atom stereocenters. The second-order valence-electron chi connectivity index (χ2n) is 6.99. The lowest BCUT2D eigenvalue weighted by atomic mass is 10.00. The van der Waals surface area contributed by atoms with Crippen LogP contribution in [-0.2, 0) is 6.42 Å². The number of hydrogen-bond donors (Lipinski definition) is 1. The van der Waals surface area contributed by atoms with Crippen LogP contribution < -0.4 is 5.32 Å². The minimum absolute atomic E-state index is 0.219. The molecule has 1 aromatic carbocycles. The summed E-state index contributed by atoms with van der Waals surface area (Å²) in [5, 5.41) is 3.83.